The van der Waals surface area contributed by atoms with Crippen molar-refractivity contribution in [3.05, 3.63) is 23.1 Å². The second kappa shape index (κ2) is 6.18. The van der Waals surface area contributed by atoms with E-state index in [1.807, 2.05) is 0 Å². The van der Waals surface area contributed by atoms with Gasteiger partial charge in [-0.1, -0.05) is 13.3 Å². The van der Waals surface area contributed by atoms with E-state index in [0.29, 0.717) is 6.61 Å². The van der Waals surface area contributed by atoms with Gasteiger partial charge in [-0.2, -0.15) is 0 Å². The van der Waals surface area contributed by atoms with Crippen LogP contribution < -0.4 is 5.32 Å². The zero-order chi connectivity index (χ0) is 17.6. The van der Waals surface area contributed by atoms with Gasteiger partial charge in [-0.15, -0.1) is 11.3 Å². The van der Waals surface area contributed by atoms with Gasteiger partial charge in [0.2, 0.25) is 0 Å². The SMILES string of the molecule is CCCCNc1ncnc2c1sc1nc(C)c3c(c12)CC(C)(C)OC3. The van der Waals surface area contributed by atoms with Crippen LogP contribution in [0.2, 0.25) is 0 Å². The number of nitrogens with zero attached hydrogens (tertiary/aromatic N) is 3. The van der Waals surface area contributed by atoms with Crippen molar-refractivity contribution in [2.24, 2.45) is 0 Å². The third kappa shape index (κ3) is 2.87. The molecule has 4 rings (SSSR count). The van der Waals surface area contributed by atoms with E-state index in [-0.39, 0.29) is 5.60 Å². The van der Waals surface area contributed by atoms with Crippen LogP contribution >= 0.6 is 11.3 Å². The van der Waals surface area contributed by atoms with Gasteiger partial charge in [-0.3, -0.25) is 0 Å². The van der Waals surface area contributed by atoms with E-state index in [4.69, 9.17) is 9.72 Å². The maximum absolute atomic E-state index is 6.02. The van der Waals surface area contributed by atoms with Gasteiger partial charge in [0.05, 0.1) is 22.4 Å². The molecule has 0 spiro atoms. The number of pyridine rings is 1. The molecule has 0 amide bonds. The van der Waals surface area contributed by atoms with Gasteiger partial charge in [0.1, 0.15) is 17.0 Å². The Balaban J connectivity index is 1.93. The number of hydrogen-bond acceptors (Lipinski definition) is 6. The standard InChI is InChI=1S/C19H24N4OS/c1-5-6-7-20-17-16-15(21-10-22-17)14-12-8-19(3,4)24-9-13(12)11(2)23-18(14)25-16/h10H,5-9H2,1-4H3,(H,20,21,22). The molecule has 0 bridgehead atoms. The summed E-state index contributed by atoms with van der Waals surface area (Å²) in [6.45, 7) is 10.1. The first-order valence-electron chi connectivity index (χ1n) is 8.93. The van der Waals surface area contributed by atoms with Crippen molar-refractivity contribution in [3.8, 4) is 0 Å². The highest BCUT2D eigenvalue weighted by Crippen LogP contribution is 2.41. The van der Waals surface area contributed by atoms with Crippen LogP contribution in [-0.4, -0.2) is 27.1 Å². The molecule has 0 unspecified atom stereocenters. The average Bonchev–Trinajstić information content (AvgIpc) is 2.93. The third-order valence-corrected chi connectivity index (χ3v) is 5.94. The Bertz CT molecular complexity index is 948. The van der Waals surface area contributed by atoms with Crippen LogP contribution in [0, 0.1) is 6.92 Å². The van der Waals surface area contributed by atoms with Crippen molar-refractivity contribution in [3.63, 3.8) is 0 Å². The summed E-state index contributed by atoms with van der Waals surface area (Å²) in [6, 6.07) is 0. The topological polar surface area (TPSA) is 59.9 Å². The molecule has 1 aliphatic heterocycles. The lowest BCUT2D eigenvalue weighted by Crippen LogP contribution is -2.32. The Morgan fingerprint density at radius 3 is 2.92 bits per heavy atom. The monoisotopic (exact) mass is 356 g/mol. The predicted molar refractivity (Wildman–Crippen MR) is 103 cm³/mol. The van der Waals surface area contributed by atoms with Gasteiger partial charge >= 0.3 is 0 Å². The summed E-state index contributed by atoms with van der Waals surface area (Å²) < 4.78 is 7.13. The largest absolute Gasteiger partial charge is 0.370 e. The Morgan fingerprint density at radius 1 is 1.28 bits per heavy atom. The Morgan fingerprint density at radius 2 is 2.12 bits per heavy atom. The Kier molecular flexibility index (Phi) is 4.12. The molecule has 1 N–H and O–H groups in total. The number of aryl methyl sites for hydroxylation is 1. The first-order chi connectivity index (χ1) is 12.0. The van der Waals surface area contributed by atoms with Gasteiger partial charge in [0.25, 0.3) is 0 Å². The Labute approximate surface area is 151 Å². The summed E-state index contributed by atoms with van der Waals surface area (Å²) in [5.74, 6) is 0.930. The van der Waals surface area contributed by atoms with E-state index in [1.54, 1.807) is 17.7 Å². The normalized spacial score (nSPS) is 16.3. The van der Waals surface area contributed by atoms with Crippen LogP contribution in [-0.2, 0) is 17.8 Å². The van der Waals surface area contributed by atoms with E-state index in [0.717, 1.165) is 52.4 Å². The minimum atomic E-state index is -0.156. The highest BCUT2D eigenvalue weighted by atomic mass is 32.1. The lowest BCUT2D eigenvalue weighted by atomic mass is 9.89. The number of fused-ring (bicyclic) bond motifs is 5. The number of unbranched alkanes of at least 4 members (excludes halogenated alkanes) is 1. The fraction of sp³-hybridized carbons (Fsp3) is 0.526. The van der Waals surface area contributed by atoms with E-state index in [9.17, 15) is 0 Å². The molecule has 4 heterocycles. The van der Waals surface area contributed by atoms with Crippen molar-refractivity contribution in [1.29, 1.82) is 0 Å². The number of nitrogens with one attached hydrogen (secondary N) is 1. The van der Waals surface area contributed by atoms with Gasteiger partial charge in [0.15, 0.2) is 0 Å². The molecular weight excluding hydrogens is 332 g/mol. The highest BCUT2D eigenvalue weighted by molar-refractivity contribution is 7.26. The minimum absolute atomic E-state index is 0.156. The molecule has 0 saturated heterocycles. The molecule has 0 aromatic carbocycles. The molecule has 25 heavy (non-hydrogen) atoms. The molecule has 0 radical (unpaired) electrons. The summed E-state index contributed by atoms with van der Waals surface area (Å²) in [4.78, 5) is 15.0. The third-order valence-electron chi connectivity index (χ3n) is 4.86. The van der Waals surface area contributed by atoms with Gasteiger partial charge in [-0.05, 0) is 32.8 Å². The molecular formula is C19H24N4OS. The Hall–Kier alpha value is -1.79. The number of thiophene rings is 1. The molecule has 3 aromatic rings. The van der Waals surface area contributed by atoms with Crippen LogP contribution in [0.15, 0.2) is 6.33 Å². The van der Waals surface area contributed by atoms with E-state index in [1.165, 1.54) is 16.5 Å². The quantitative estimate of drug-likeness (QED) is 0.692. The molecule has 1 aliphatic rings. The first-order valence-corrected chi connectivity index (χ1v) is 9.75. The molecule has 3 aromatic heterocycles. The molecule has 0 fully saturated rings. The van der Waals surface area contributed by atoms with Crippen LogP contribution in [0.25, 0.3) is 20.4 Å². The number of hydrogen-bond donors (Lipinski definition) is 1. The molecule has 0 saturated carbocycles. The smallest absolute Gasteiger partial charge is 0.147 e. The van der Waals surface area contributed by atoms with Gasteiger partial charge in [0, 0.05) is 29.6 Å². The zero-order valence-electron chi connectivity index (χ0n) is 15.3. The molecule has 0 aliphatic carbocycles. The van der Waals surface area contributed by atoms with Crippen molar-refractivity contribution < 1.29 is 4.74 Å². The zero-order valence-corrected chi connectivity index (χ0v) is 16.1. The number of aromatic nitrogens is 3. The predicted octanol–water partition coefficient (Wildman–Crippen LogP) is 4.61. The van der Waals surface area contributed by atoms with Crippen molar-refractivity contribution in [2.75, 3.05) is 11.9 Å². The van der Waals surface area contributed by atoms with Crippen LogP contribution in [0.1, 0.15) is 50.4 Å². The van der Waals surface area contributed by atoms with Crippen molar-refractivity contribution >= 4 is 37.6 Å². The first kappa shape index (κ1) is 16.7. The maximum Gasteiger partial charge on any atom is 0.147 e. The fourth-order valence-corrected chi connectivity index (χ4v) is 4.65. The lowest BCUT2D eigenvalue weighted by Gasteiger charge is -2.32. The summed E-state index contributed by atoms with van der Waals surface area (Å²) in [5.41, 5.74) is 4.51. The molecule has 132 valence electrons. The lowest BCUT2D eigenvalue weighted by molar-refractivity contribution is -0.0400. The molecule has 5 nitrogen and oxygen atoms in total. The molecule has 0 atom stereocenters. The number of rotatable bonds is 4. The molecule has 6 heteroatoms. The van der Waals surface area contributed by atoms with Gasteiger partial charge < -0.3 is 10.1 Å². The number of ether oxygens (including phenoxy) is 1. The van der Waals surface area contributed by atoms with Crippen molar-refractivity contribution in [1.82, 2.24) is 15.0 Å². The highest BCUT2D eigenvalue weighted by Gasteiger charge is 2.30. The van der Waals surface area contributed by atoms with Crippen LogP contribution in [0.4, 0.5) is 5.82 Å². The second-order valence-electron chi connectivity index (χ2n) is 7.34. The van der Waals surface area contributed by atoms with Crippen LogP contribution in [0.5, 0.6) is 0 Å². The van der Waals surface area contributed by atoms with E-state index < -0.39 is 0 Å². The summed E-state index contributed by atoms with van der Waals surface area (Å²) in [7, 11) is 0. The van der Waals surface area contributed by atoms with Crippen molar-refractivity contribution in [2.45, 2.75) is 59.2 Å². The van der Waals surface area contributed by atoms with Gasteiger partial charge in [-0.25, -0.2) is 15.0 Å². The van der Waals surface area contributed by atoms with Crippen LogP contribution in [0.3, 0.4) is 0 Å². The van der Waals surface area contributed by atoms with E-state index in [2.05, 4.69) is 43.0 Å². The minimum Gasteiger partial charge on any atom is -0.370 e. The summed E-state index contributed by atoms with van der Waals surface area (Å²) >= 11 is 1.69. The van der Waals surface area contributed by atoms with E-state index >= 15 is 0 Å². The number of anilines is 1. The average molecular weight is 356 g/mol. The maximum atomic E-state index is 6.02. The second-order valence-corrected chi connectivity index (χ2v) is 8.34. The summed E-state index contributed by atoms with van der Waals surface area (Å²) in [5, 5.41) is 4.66. The summed E-state index contributed by atoms with van der Waals surface area (Å²) in [6.07, 6.45) is 4.85. The fourth-order valence-electron chi connectivity index (χ4n) is 3.48.